The SMILES string of the molecule is COc1ccc(Oc2ncc(CCl)cn2)cc1. The fraction of sp³-hybridized carbons (Fsp3) is 0.167. The van der Waals surface area contributed by atoms with Crippen LogP contribution in [-0.2, 0) is 5.88 Å². The van der Waals surface area contributed by atoms with E-state index in [9.17, 15) is 0 Å². The lowest BCUT2D eigenvalue weighted by atomic mass is 10.3. The van der Waals surface area contributed by atoms with Crippen LogP contribution in [0.4, 0.5) is 0 Å². The molecule has 1 aromatic heterocycles. The third-order valence-corrected chi connectivity index (χ3v) is 2.41. The van der Waals surface area contributed by atoms with E-state index in [2.05, 4.69) is 9.97 Å². The quantitative estimate of drug-likeness (QED) is 0.783. The van der Waals surface area contributed by atoms with Crippen LogP contribution in [0, 0.1) is 0 Å². The number of hydrogen-bond donors (Lipinski definition) is 0. The van der Waals surface area contributed by atoms with Crippen molar-refractivity contribution in [1.29, 1.82) is 0 Å². The Morgan fingerprint density at radius 1 is 1.06 bits per heavy atom. The first-order chi connectivity index (χ1) is 8.31. The van der Waals surface area contributed by atoms with E-state index in [0.29, 0.717) is 17.6 Å². The molecule has 0 aliphatic heterocycles. The first-order valence-electron chi connectivity index (χ1n) is 5.00. The van der Waals surface area contributed by atoms with Gasteiger partial charge in [0, 0.05) is 18.0 Å². The largest absolute Gasteiger partial charge is 0.497 e. The van der Waals surface area contributed by atoms with Gasteiger partial charge in [0.15, 0.2) is 0 Å². The molecule has 17 heavy (non-hydrogen) atoms. The maximum atomic E-state index is 5.64. The fourth-order valence-electron chi connectivity index (χ4n) is 1.21. The minimum absolute atomic E-state index is 0.295. The molecule has 0 unspecified atom stereocenters. The number of hydrogen-bond acceptors (Lipinski definition) is 4. The molecule has 2 aromatic rings. The number of nitrogens with zero attached hydrogens (tertiary/aromatic N) is 2. The Balaban J connectivity index is 2.08. The van der Waals surface area contributed by atoms with Gasteiger partial charge in [-0.05, 0) is 24.3 Å². The summed E-state index contributed by atoms with van der Waals surface area (Å²) in [6.45, 7) is 0. The first kappa shape index (κ1) is 11.7. The third-order valence-electron chi connectivity index (χ3n) is 2.10. The minimum Gasteiger partial charge on any atom is -0.497 e. The summed E-state index contributed by atoms with van der Waals surface area (Å²) in [5.74, 6) is 1.82. The molecule has 88 valence electrons. The van der Waals surface area contributed by atoms with Crippen molar-refractivity contribution in [3.8, 4) is 17.5 Å². The monoisotopic (exact) mass is 250 g/mol. The second kappa shape index (κ2) is 5.50. The van der Waals surface area contributed by atoms with Gasteiger partial charge in [0.2, 0.25) is 0 Å². The third kappa shape index (κ3) is 3.07. The molecule has 5 heteroatoms. The molecule has 0 aliphatic rings. The number of benzene rings is 1. The number of ether oxygens (including phenoxy) is 2. The van der Waals surface area contributed by atoms with Crippen LogP contribution in [0.25, 0.3) is 0 Å². The normalized spacial score (nSPS) is 10.0. The van der Waals surface area contributed by atoms with E-state index in [4.69, 9.17) is 21.1 Å². The highest BCUT2D eigenvalue weighted by atomic mass is 35.5. The van der Waals surface area contributed by atoms with Gasteiger partial charge < -0.3 is 9.47 Å². The van der Waals surface area contributed by atoms with Crippen LogP contribution in [-0.4, -0.2) is 17.1 Å². The van der Waals surface area contributed by atoms with Crippen molar-refractivity contribution in [1.82, 2.24) is 9.97 Å². The molecular weight excluding hydrogens is 240 g/mol. The van der Waals surface area contributed by atoms with Gasteiger partial charge in [-0.2, -0.15) is 0 Å². The lowest BCUT2D eigenvalue weighted by Gasteiger charge is -2.04. The Hall–Kier alpha value is -1.81. The van der Waals surface area contributed by atoms with Crippen molar-refractivity contribution in [3.05, 3.63) is 42.2 Å². The van der Waals surface area contributed by atoms with E-state index < -0.39 is 0 Å². The van der Waals surface area contributed by atoms with E-state index in [1.807, 2.05) is 12.1 Å². The molecule has 0 fully saturated rings. The van der Waals surface area contributed by atoms with Gasteiger partial charge >= 0.3 is 6.01 Å². The van der Waals surface area contributed by atoms with E-state index >= 15 is 0 Å². The highest BCUT2D eigenvalue weighted by molar-refractivity contribution is 6.17. The average molecular weight is 251 g/mol. The molecule has 0 aliphatic carbocycles. The van der Waals surface area contributed by atoms with Gasteiger partial charge in [0.25, 0.3) is 0 Å². The van der Waals surface area contributed by atoms with Crippen LogP contribution in [0.3, 0.4) is 0 Å². The number of methoxy groups -OCH3 is 1. The molecule has 0 saturated carbocycles. The van der Waals surface area contributed by atoms with Crippen molar-refractivity contribution >= 4 is 11.6 Å². The lowest BCUT2D eigenvalue weighted by Crippen LogP contribution is -1.92. The summed E-state index contributed by atoms with van der Waals surface area (Å²) in [4.78, 5) is 8.08. The molecule has 0 N–H and O–H groups in total. The minimum atomic E-state index is 0.295. The van der Waals surface area contributed by atoms with Crippen molar-refractivity contribution in [2.24, 2.45) is 0 Å². The zero-order chi connectivity index (χ0) is 12.1. The van der Waals surface area contributed by atoms with Crippen molar-refractivity contribution in [2.45, 2.75) is 5.88 Å². The number of rotatable bonds is 4. The zero-order valence-corrected chi connectivity index (χ0v) is 10.0. The fourth-order valence-corrected chi connectivity index (χ4v) is 1.35. The van der Waals surface area contributed by atoms with Crippen molar-refractivity contribution in [2.75, 3.05) is 7.11 Å². The van der Waals surface area contributed by atoms with Crippen LogP contribution in [0.2, 0.25) is 0 Å². The maximum Gasteiger partial charge on any atom is 0.321 e. The summed E-state index contributed by atoms with van der Waals surface area (Å²) >= 11 is 5.64. The topological polar surface area (TPSA) is 44.2 Å². The highest BCUT2D eigenvalue weighted by Gasteiger charge is 2.01. The van der Waals surface area contributed by atoms with Gasteiger partial charge in [-0.1, -0.05) is 0 Å². The Kier molecular flexibility index (Phi) is 3.77. The predicted octanol–water partition coefficient (Wildman–Crippen LogP) is 3.02. The Morgan fingerprint density at radius 2 is 1.65 bits per heavy atom. The molecule has 4 nitrogen and oxygen atoms in total. The van der Waals surface area contributed by atoms with Crippen LogP contribution < -0.4 is 9.47 Å². The highest BCUT2D eigenvalue weighted by Crippen LogP contribution is 2.20. The first-order valence-corrected chi connectivity index (χ1v) is 5.54. The molecule has 0 atom stereocenters. The summed E-state index contributed by atoms with van der Waals surface area (Å²) in [5.41, 5.74) is 0.855. The van der Waals surface area contributed by atoms with Crippen LogP contribution in [0.15, 0.2) is 36.7 Å². The van der Waals surface area contributed by atoms with Gasteiger partial charge in [0.05, 0.1) is 13.0 Å². The standard InChI is InChI=1S/C12H11ClN2O2/c1-16-10-2-4-11(5-3-10)17-12-14-7-9(6-13)8-15-12/h2-5,7-8H,6H2,1H3. The molecular formula is C12H11ClN2O2. The number of aromatic nitrogens is 2. The molecule has 1 heterocycles. The van der Waals surface area contributed by atoms with Gasteiger partial charge in [-0.3, -0.25) is 0 Å². The van der Waals surface area contributed by atoms with Crippen LogP contribution >= 0.6 is 11.6 Å². The van der Waals surface area contributed by atoms with Crippen molar-refractivity contribution < 1.29 is 9.47 Å². The van der Waals surface area contributed by atoms with Crippen molar-refractivity contribution in [3.63, 3.8) is 0 Å². The van der Waals surface area contributed by atoms with Gasteiger partial charge in [-0.15, -0.1) is 11.6 Å². The maximum absolute atomic E-state index is 5.64. The number of alkyl halides is 1. The summed E-state index contributed by atoms with van der Waals surface area (Å²) in [7, 11) is 1.61. The smallest absolute Gasteiger partial charge is 0.321 e. The molecule has 2 rings (SSSR count). The van der Waals surface area contributed by atoms with Gasteiger partial charge in [-0.25, -0.2) is 9.97 Å². The predicted molar refractivity (Wildman–Crippen MR) is 64.7 cm³/mol. The Bertz CT molecular complexity index is 425. The molecule has 0 saturated heterocycles. The summed E-state index contributed by atoms with van der Waals surface area (Å²) in [6.07, 6.45) is 3.28. The molecule has 1 aromatic carbocycles. The molecule has 0 spiro atoms. The van der Waals surface area contributed by atoms with E-state index in [0.717, 1.165) is 11.3 Å². The second-order valence-corrected chi connectivity index (χ2v) is 3.55. The van der Waals surface area contributed by atoms with Crippen LogP contribution in [0.1, 0.15) is 5.56 Å². The zero-order valence-electron chi connectivity index (χ0n) is 9.26. The molecule has 0 amide bonds. The second-order valence-electron chi connectivity index (χ2n) is 3.29. The van der Waals surface area contributed by atoms with E-state index in [-0.39, 0.29) is 0 Å². The Morgan fingerprint density at radius 3 is 2.18 bits per heavy atom. The summed E-state index contributed by atoms with van der Waals surface area (Å²) in [6, 6.07) is 7.49. The van der Waals surface area contributed by atoms with E-state index in [1.165, 1.54) is 0 Å². The summed E-state index contributed by atoms with van der Waals surface area (Å²) < 4.78 is 10.5. The average Bonchev–Trinajstić information content (AvgIpc) is 2.40. The summed E-state index contributed by atoms with van der Waals surface area (Å²) in [5, 5.41) is 0. The van der Waals surface area contributed by atoms with Gasteiger partial charge in [0.1, 0.15) is 11.5 Å². The molecule has 0 radical (unpaired) electrons. The molecule has 0 bridgehead atoms. The number of halogens is 1. The van der Waals surface area contributed by atoms with Crippen LogP contribution in [0.5, 0.6) is 17.5 Å². The van der Waals surface area contributed by atoms with E-state index in [1.54, 1.807) is 31.6 Å². The Labute approximate surface area is 104 Å². The lowest BCUT2D eigenvalue weighted by molar-refractivity contribution is 0.410.